The van der Waals surface area contributed by atoms with Gasteiger partial charge in [0.25, 0.3) is 15.9 Å². The fourth-order valence-corrected chi connectivity index (χ4v) is 8.17. The van der Waals surface area contributed by atoms with E-state index in [2.05, 4.69) is 14.8 Å². The first-order valence-corrected chi connectivity index (χ1v) is 16.8. The number of fused-ring (bicyclic) bond motifs is 4. The molecule has 44 heavy (non-hydrogen) atoms. The molecule has 1 aromatic heterocycles. The van der Waals surface area contributed by atoms with Crippen molar-refractivity contribution in [3.63, 3.8) is 0 Å². The number of carboxylic acid groups (broad SMARTS) is 1. The lowest BCUT2D eigenvalue weighted by Crippen LogP contribution is -2.44. The summed E-state index contributed by atoms with van der Waals surface area (Å²) < 4.78 is 31.0. The van der Waals surface area contributed by atoms with Gasteiger partial charge in [0.1, 0.15) is 6.54 Å². The van der Waals surface area contributed by atoms with Crippen LogP contribution in [0.25, 0.3) is 21.8 Å². The number of aromatic nitrogens is 1. The Labute approximate surface area is 258 Å². The van der Waals surface area contributed by atoms with Crippen molar-refractivity contribution in [2.75, 3.05) is 26.2 Å². The molecule has 2 saturated heterocycles. The van der Waals surface area contributed by atoms with Crippen molar-refractivity contribution in [2.45, 2.75) is 62.6 Å². The Bertz CT molecular complexity index is 1750. The van der Waals surface area contributed by atoms with Crippen LogP contribution in [0.15, 0.2) is 77.7 Å². The Balaban J connectivity index is 1.37. The van der Waals surface area contributed by atoms with Gasteiger partial charge >= 0.3 is 5.97 Å². The van der Waals surface area contributed by atoms with Crippen LogP contribution in [-0.4, -0.2) is 72.9 Å². The van der Waals surface area contributed by atoms with E-state index in [4.69, 9.17) is 0 Å². The predicted molar refractivity (Wildman–Crippen MR) is 169 cm³/mol. The van der Waals surface area contributed by atoms with Crippen molar-refractivity contribution >= 4 is 43.7 Å². The zero-order valence-corrected chi connectivity index (χ0v) is 25.8. The van der Waals surface area contributed by atoms with Gasteiger partial charge in [-0.2, -0.15) is 4.57 Å². The third-order valence-corrected chi connectivity index (χ3v) is 10.8. The predicted octanol–water partition coefficient (Wildman–Crippen LogP) is 4.11. The number of piperazine rings is 1. The summed E-state index contributed by atoms with van der Waals surface area (Å²) in [5.41, 5.74) is 2.91. The molecule has 2 atom stereocenters. The minimum atomic E-state index is -4.27. The number of carboxylic acids is 1. The average molecular weight is 616 g/mol. The topological polar surface area (TPSA) is 111 Å². The van der Waals surface area contributed by atoms with Gasteiger partial charge in [-0.15, -0.1) is 0 Å². The summed E-state index contributed by atoms with van der Waals surface area (Å²) in [5, 5.41) is 14.2. The number of sulfonamides is 1. The van der Waals surface area contributed by atoms with Crippen molar-refractivity contribution in [1.82, 2.24) is 14.5 Å². The number of benzene rings is 3. The molecule has 2 N–H and O–H groups in total. The Morgan fingerprint density at radius 1 is 0.955 bits per heavy atom. The molecule has 3 heterocycles. The molecule has 10 heteroatoms. The van der Waals surface area contributed by atoms with E-state index in [1.54, 1.807) is 12.1 Å². The second-order valence-corrected chi connectivity index (χ2v) is 13.8. The van der Waals surface area contributed by atoms with E-state index in [9.17, 15) is 23.1 Å². The number of nitrogens with one attached hydrogen (secondary N) is 1. The number of carbonyl (C=O) groups excluding carboxylic acids is 1. The first kappa shape index (κ1) is 30.2. The zero-order chi connectivity index (χ0) is 30.8. The molecule has 0 aliphatic carbocycles. The third-order valence-electron chi connectivity index (χ3n) is 8.98. The SMILES string of the molecule is Cc1ccc(S(=O)(=O)N(CCCC(=O)O)C(=O)c2c3ccccc3[n+](CCCCN3CC4CC3CN4)c3ccccc23)cc1. The molecule has 2 fully saturated rings. The number of hydrogen-bond acceptors (Lipinski definition) is 6. The lowest BCUT2D eigenvalue weighted by molar-refractivity contribution is -0.645. The minimum absolute atomic E-state index is 0.00352. The number of amides is 1. The summed E-state index contributed by atoms with van der Waals surface area (Å²) in [5.74, 6) is -1.70. The Kier molecular flexibility index (Phi) is 8.66. The molecule has 9 nitrogen and oxygen atoms in total. The molecule has 4 aromatic rings. The molecule has 0 saturated carbocycles. The van der Waals surface area contributed by atoms with E-state index < -0.39 is 21.9 Å². The van der Waals surface area contributed by atoms with Gasteiger partial charge in [-0.05, 0) is 57.0 Å². The normalized spacial score (nSPS) is 18.3. The third kappa shape index (κ3) is 5.94. The molecular formula is C34H39N4O5S+. The summed E-state index contributed by atoms with van der Waals surface area (Å²) in [6.45, 7) is 5.65. The molecule has 0 spiro atoms. The number of aryl methyl sites for hydroxylation is 2. The van der Waals surface area contributed by atoms with Crippen molar-refractivity contribution < 1.29 is 27.7 Å². The molecule has 1 amide bonds. The van der Waals surface area contributed by atoms with Crippen LogP contribution in [0.1, 0.15) is 48.0 Å². The summed E-state index contributed by atoms with van der Waals surface area (Å²) in [7, 11) is -4.27. The van der Waals surface area contributed by atoms with E-state index in [0.29, 0.717) is 28.4 Å². The molecule has 3 aromatic carbocycles. The lowest BCUT2D eigenvalue weighted by Gasteiger charge is -2.26. The molecule has 230 valence electrons. The van der Waals surface area contributed by atoms with Gasteiger partial charge in [0.2, 0.25) is 11.0 Å². The van der Waals surface area contributed by atoms with Crippen molar-refractivity contribution in [2.24, 2.45) is 0 Å². The van der Waals surface area contributed by atoms with Crippen LogP contribution >= 0.6 is 0 Å². The van der Waals surface area contributed by atoms with Crippen LogP contribution in [0.2, 0.25) is 0 Å². The van der Waals surface area contributed by atoms with E-state index in [1.165, 1.54) is 18.6 Å². The molecule has 2 bridgehead atoms. The van der Waals surface area contributed by atoms with Crippen molar-refractivity contribution in [3.05, 3.63) is 83.9 Å². The van der Waals surface area contributed by atoms with Crippen LogP contribution in [-0.2, 0) is 21.4 Å². The summed E-state index contributed by atoms with van der Waals surface area (Å²) >= 11 is 0. The number of para-hydroxylation sites is 2. The summed E-state index contributed by atoms with van der Waals surface area (Å²) in [6.07, 6.45) is 3.02. The second kappa shape index (κ2) is 12.6. The highest BCUT2D eigenvalue weighted by Crippen LogP contribution is 2.29. The van der Waals surface area contributed by atoms with Crippen LogP contribution in [0.5, 0.6) is 0 Å². The molecule has 0 radical (unpaired) electrons. The quantitative estimate of drug-likeness (QED) is 0.140. The monoisotopic (exact) mass is 615 g/mol. The molecule has 2 aliphatic rings. The van der Waals surface area contributed by atoms with Gasteiger partial charge in [-0.25, -0.2) is 12.7 Å². The van der Waals surface area contributed by atoms with Crippen LogP contribution in [0, 0.1) is 6.92 Å². The summed E-state index contributed by atoms with van der Waals surface area (Å²) in [4.78, 5) is 28.4. The van der Waals surface area contributed by atoms with Gasteiger partial charge in [0, 0.05) is 56.7 Å². The Hall–Kier alpha value is -3.86. The van der Waals surface area contributed by atoms with Crippen LogP contribution < -0.4 is 9.88 Å². The maximum Gasteiger partial charge on any atom is 0.303 e. The van der Waals surface area contributed by atoms with Gasteiger partial charge in [0.15, 0.2) is 0 Å². The van der Waals surface area contributed by atoms with E-state index >= 15 is 0 Å². The Morgan fingerprint density at radius 2 is 1.61 bits per heavy atom. The first-order chi connectivity index (χ1) is 21.2. The largest absolute Gasteiger partial charge is 0.481 e. The number of pyridine rings is 1. The number of hydrogen-bond donors (Lipinski definition) is 2. The molecule has 6 rings (SSSR count). The smallest absolute Gasteiger partial charge is 0.303 e. The van der Waals surface area contributed by atoms with Crippen molar-refractivity contribution in [1.29, 1.82) is 0 Å². The standard InChI is InChI=1S/C34H38N4O5S/c1-24-14-16-27(17-15-24)44(42,43)38(20-8-13-32(39)40)34(41)33-28-9-2-4-11-30(28)37(31-12-5-3-10-29(31)33)19-7-6-18-36-23-25-21-26(36)22-35-25/h2-5,9-12,14-17,25-26,35H,6-8,13,18-23H2,1H3/p+1. The van der Waals surface area contributed by atoms with Crippen LogP contribution in [0.3, 0.4) is 0 Å². The van der Waals surface area contributed by atoms with Gasteiger partial charge in [0.05, 0.1) is 21.2 Å². The number of aliphatic carboxylic acids is 1. The number of likely N-dealkylation sites (tertiary alicyclic amines) is 1. The lowest BCUT2D eigenvalue weighted by atomic mass is 10.0. The highest BCUT2D eigenvalue weighted by molar-refractivity contribution is 7.89. The molecule has 2 unspecified atom stereocenters. The second-order valence-electron chi connectivity index (χ2n) is 12.0. The maximum atomic E-state index is 14.5. The average Bonchev–Trinajstić information content (AvgIpc) is 3.64. The van der Waals surface area contributed by atoms with E-state index in [0.717, 1.165) is 59.9 Å². The Morgan fingerprint density at radius 3 is 2.20 bits per heavy atom. The van der Waals surface area contributed by atoms with Crippen LogP contribution in [0.4, 0.5) is 0 Å². The first-order valence-electron chi connectivity index (χ1n) is 15.4. The minimum Gasteiger partial charge on any atom is -0.481 e. The number of nitrogens with zero attached hydrogens (tertiary/aromatic N) is 3. The number of rotatable bonds is 12. The van der Waals surface area contributed by atoms with E-state index in [1.807, 2.05) is 55.5 Å². The van der Waals surface area contributed by atoms with Gasteiger partial charge in [-0.1, -0.05) is 42.0 Å². The fourth-order valence-electron chi connectivity index (χ4n) is 6.76. The molecular weight excluding hydrogens is 576 g/mol. The number of unbranched alkanes of at least 4 members (excludes halogenated alkanes) is 1. The number of carbonyl (C=O) groups is 2. The van der Waals surface area contributed by atoms with E-state index in [-0.39, 0.29) is 24.3 Å². The maximum absolute atomic E-state index is 14.5. The van der Waals surface area contributed by atoms with Gasteiger partial charge < -0.3 is 10.4 Å². The van der Waals surface area contributed by atoms with Gasteiger partial charge in [-0.3, -0.25) is 14.5 Å². The molecule has 2 aliphatic heterocycles. The zero-order valence-electron chi connectivity index (χ0n) is 25.0. The fraction of sp³-hybridized carbons (Fsp3) is 0.382. The summed E-state index contributed by atoms with van der Waals surface area (Å²) in [6, 6.07) is 22.9. The highest BCUT2D eigenvalue weighted by atomic mass is 32.2. The highest BCUT2D eigenvalue weighted by Gasteiger charge is 2.37. The van der Waals surface area contributed by atoms with Crippen molar-refractivity contribution in [3.8, 4) is 0 Å².